The van der Waals surface area contributed by atoms with E-state index in [1.807, 2.05) is 0 Å². The van der Waals surface area contributed by atoms with E-state index in [1.54, 1.807) is 6.92 Å². The van der Waals surface area contributed by atoms with Crippen molar-refractivity contribution in [1.29, 1.82) is 0 Å². The van der Waals surface area contributed by atoms with Crippen molar-refractivity contribution in [1.82, 2.24) is 9.88 Å². The molecule has 5 nitrogen and oxygen atoms in total. The molecular weight excluding hydrogens is 314 g/mol. The molecule has 1 heterocycles. The summed E-state index contributed by atoms with van der Waals surface area (Å²) in [6, 6.07) is 0. The summed E-state index contributed by atoms with van der Waals surface area (Å²) in [6.45, 7) is 2.14. The van der Waals surface area contributed by atoms with E-state index in [2.05, 4.69) is 4.98 Å². The zero-order chi connectivity index (χ0) is 14.6. The van der Waals surface area contributed by atoms with Crippen LogP contribution in [0.4, 0.5) is 0 Å². The molecule has 19 heavy (non-hydrogen) atoms. The second-order valence-corrected chi connectivity index (χ2v) is 4.77. The van der Waals surface area contributed by atoms with E-state index in [9.17, 15) is 9.59 Å². The number of rotatable bonds is 5. The van der Waals surface area contributed by atoms with Crippen molar-refractivity contribution in [2.24, 2.45) is 0 Å². The topological polar surface area (TPSA) is 70.5 Å². The molecular formula is C11H11Cl3N2O3. The van der Waals surface area contributed by atoms with Gasteiger partial charge >= 0.3 is 5.97 Å². The maximum atomic E-state index is 12.2. The molecule has 0 aliphatic carbocycles. The van der Waals surface area contributed by atoms with Crippen molar-refractivity contribution in [3.8, 4) is 0 Å². The highest BCUT2D eigenvalue weighted by Gasteiger charge is 2.22. The van der Waals surface area contributed by atoms with Gasteiger partial charge in [0.1, 0.15) is 5.69 Å². The number of carboxylic acids is 1. The SMILES string of the molecule is CCN(CCC(=O)O)C(=O)c1ncc(Cl)c(Cl)c1Cl. The van der Waals surface area contributed by atoms with E-state index >= 15 is 0 Å². The van der Waals surface area contributed by atoms with Crippen LogP contribution in [0.5, 0.6) is 0 Å². The van der Waals surface area contributed by atoms with Gasteiger partial charge in [0.25, 0.3) is 5.91 Å². The van der Waals surface area contributed by atoms with E-state index in [0.717, 1.165) is 0 Å². The van der Waals surface area contributed by atoms with Gasteiger partial charge in [-0.3, -0.25) is 9.59 Å². The van der Waals surface area contributed by atoms with Gasteiger partial charge in [-0.1, -0.05) is 34.8 Å². The van der Waals surface area contributed by atoms with Crippen molar-refractivity contribution in [3.63, 3.8) is 0 Å². The Hall–Kier alpha value is -1.04. The predicted molar refractivity (Wildman–Crippen MR) is 73.1 cm³/mol. The summed E-state index contributed by atoms with van der Waals surface area (Å²) in [5.41, 5.74) is -0.0386. The van der Waals surface area contributed by atoms with Gasteiger partial charge in [0, 0.05) is 19.3 Å². The lowest BCUT2D eigenvalue weighted by molar-refractivity contribution is -0.137. The smallest absolute Gasteiger partial charge is 0.305 e. The van der Waals surface area contributed by atoms with Crippen LogP contribution in [0.2, 0.25) is 15.1 Å². The van der Waals surface area contributed by atoms with Gasteiger partial charge in [0.2, 0.25) is 0 Å². The highest BCUT2D eigenvalue weighted by molar-refractivity contribution is 6.48. The molecule has 1 aromatic rings. The lowest BCUT2D eigenvalue weighted by atomic mass is 10.3. The van der Waals surface area contributed by atoms with E-state index in [0.29, 0.717) is 6.54 Å². The molecule has 0 aliphatic heterocycles. The molecule has 0 spiro atoms. The molecule has 1 aromatic heterocycles. The summed E-state index contributed by atoms with van der Waals surface area (Å²) < 4.78 is 0. The number of hydrogen-bond acceptors (Lipinski definition) is 3. The van der Waals surface area contributed by atoms with Crippen LogP contribution in [0.15, 0.2) is 6.20 Å². The molecule has 0 radical (unpaired) electrons. The highest BCUT2D eigenvalue weighted by Crippen LogP contribution is 2.31. The molecule has 8 heteroatoms. The number of aromatic nitrogens is 1. The third-order valence-electron chi connectivity index (χ3n) is 2.38. The van der Waals surface area contributed by atoms with Gasteiger partial charge in [-0.05, 0) is 6.92 Å². The van der Waals surface area contributed by atoms with Gasteiger partial charge in [-0.25, -0.2) is 4.98 Å². The summed E-state index contributed by atoms with van der Waals surface area (Å²) in [4.78, 5) is 27.9. The fourth-order valence-corrected chi connectivity index (χ4v) is 1.94. The van der Waals surface area contributed by atoms with Crippen LogP contribution in [0.25, 0.3) is 0 Å². The maximum absolute atomic E-state index is 12.2. The van der Waals surface area contributed by atoms with Gasteiger partial charge in [0.05, 0.1) is 21.5 Å². The largest absolute Gasteiger partial charge is 0.481 e. The second-order valence-electron chi connectivity index (χ2n) is 3.61. The van der Waals surface area contributed by atoms with E-state index in [1.165, 1.54) is 11.1 Å². The van der Waals surface area contributed by atoms with E-state index in [-0.39, 0.29) is 33.7 Å². The van der Waals surface area contributed by atoms with Gasteiger partial charge < -0.3 is 10.0 Å². The number of aliphatic carboxylic acids is 1. The molecule has 104 valence electrons. The van der Waals surface area contributed by atoms with Crippen molar-refractivity contribution >= 4 is 46.7 Å². The number of nitrogens with zero attached hydrogens (tertiary/aromatic N) is 2. The second kappa shape index (κ2) is 6.93. The number of pyridine rings is 1. The molecule has 1 N–H and O–H groups in total. The fourth-order valence-electron chi connectivity index (χ4n) is 1.38. The van der Waals surface area contributed by atoms with Crippen LogP contribution < -0.4 is 0 Å². The first-order valence-electron chi connectivity index (χ1n) is 5.39. The number of carboxylic acid groups (broad SMARTS) is 1. The van der Waals surface area contributed by atoms with Crippen molar-refractivity contribution in [3.05, 3.63) is 27.0 Å². The molecule has 0 saturated carbocycles. The van der Waals surface area contributed by atoms with Crippen LogP contribution in [-0.2, 0) is 4.79 Å². The van der Waals surface area contributed by atoms with Gasteiger partial charge in [-0.15, -0.1) is 0 Å². The number of hydrogen-bond donors (Lipinski definition) is 1. The molecule has 0 saturated heterocycles. The molecule has 0 atom stereocenters. The highest BCUT2D eigenvalue weighted by atomic mass is 35.5. The third kappa shape index (κ3) is 3.96. The molecule has 0 aromatic carbocycles. The summed E-state index contributed by atoms with van der Waals surface area (Å²) >= 11 is 17.5. The summed E-state index contributed by atoms with van der Waals surface area (Å²) in [7, 11) is 0. The Balaban J connectivity index is 2.98. The first kappa shape index (κ1) is 16.0. The summed E-state index contributed by atoms with van der Waals surface area (Å²) in [5, 5.41) is 8.79. The number of carbonyl (C=O) groups excluding carboxylic acids is 1. The molecule has 0 fully saturated rings. The first-order valence-corrected chi connectivity index (χ1v) is 6.52. The lowest BCUT2D eigenvalue weighted by Crippen LogP contribution is -2.33. The maximum Gasteiger partial charge on any atom is 0.305 e. The minimum atomic E-state index is -0.987. The standard InChI is InChI=1S/C11H11Cl3N2O3/c1-2-16(4-3-7(17)18)11(19)10-9(14)8(13)6(12)5-15-10/h5H,2-4H2,1H3,(H,17,18). The Morgan fingerprint density at radius 1 is 1.32 bits per heavy atom. The van der Waals surface area contributed by atoms with Crippen LogP contribution in [0, 0.1) is 0 Å². The van der Waals surface area contributed by atoms with Crippen molar-refractivity contribution < 1.29 is 14.7 Å². The fraction of sp³-hybridized carbons (Fsp3) is 0.364. The third-order valence-corrected chi connectivity index (χ3v) is 3.62. The van der Waals surface area contributed by atoms with Crippen LogP contribution >= 0.6 is 34.8 Å². The Bertz CT molecular complexity index is 508. The van der Waals surface area contributed by atoms with Crippen LogP contribution in [-0.4, -0.2) is 40.0 Å². The quantitative estimate of drug-likeness (QED) is 0.903. The zero-order valence-electron chi connectivity index (χ0n) is 9.99. The van der Waals surface area contributed by atoms with Gasteiger partial charge in [-0.2, -0.15) is 0 Å². The monoisotopic (exact) mass is 324 g/mol. The van der Waals surface area contributed by atoms with E-state index < -0.39 is 11.9 Å². The summed E-state index contributed by atoms with van der Waals surface area (Å²) in [5.74, 6) is -1.47. The number of amides is 1. The van der Waals surface area contributed by atoms with Gasteiger partial charge in [0.15, 0.2) is 0 Å². The van der Waals surface area contributed by atoms with Crippen LogP contribution in [0.1, 0.15) is 23.8 Å². The Morgan fingerprint density at radius 3 is 2.47 bits per heavy atom. The van der Waals surface area contributed by atoms with Crippen molar-refractivity contribution in [2.75, 3.05) is 13.1 Å². The Labute approximate surface area is 125 Å². The minimum Gasteiger partial charge on any atom is -0.481 e. The summed E-state index contributed by atoms with van der Waals surface area (Å²) in [6.07, 6.45) is 1.08. The Kier molecular flexibility index (Phi) is 5.85. The average Bonchev–Trinajstić information content (AvgIpc) is 2.36. The average molecular weight is 326 g/mol. The predicted octanol–water partition coefficient (Wildman–Crippen LogP) is 2.98. The first-order chi connectivity index (χ1) is 8.88. The van der Waals surface area contributed by atoms with Crippen molar-refractivity contribution in [2.45, 2.75) is 13.3 Å². The molecule has 1 rings (SSSR count). The lowest BCUT2D eigenvalue weighted by Gasteiger charge is -2.20. The normalized spacial score (nSPS) is 10.3. The van der Waals surface area contributed by atoms with Crippen LogP contribution in [0.3, 0.4) is 0 Å². The molecule has 0 unspecified atom stereocenters. The molecule has 0 aliphatic rings. The number of halogens is 3. The van der Waals surface area contributed by atoms with E-state index in [4.69, 9.17) is 39.9 Å². The molecule has 1 amide bonds. The zero-order valence-corrected chi connectivity index (χ0v) is 12.3. The minimum absolute atomic E-state index is 0.0343. The number of carbonyl (C=O) groups is 2. The molecule has 0 bridgehead atoms. The Morgan fingerprint density at radius 2 is 1.95 bits per heavy atom.